The summed E-state index contributed by atoms with van der Waals surface area (Å²) in [6.45, 7) is 0. The number of imide groups is 1. The Balaban J connectivity index is 2.21. The van der Waals surface area contributed by atoms with Gasteiger partial charge in [0, 0.05) is 5.56 Å². The third-order valence-corrected chi connectivity index (χ3v) is 3.20. The van der Waals surface area contributed by atoms with Crippen LogP contribution in [0.3, 0.4) is 0 Å². The second-order valence-corrected chi connectivity index (χ2v) is 4.46. The van der Waals surface area contributed by atoms with E-state index >= 15 is 0 Å². The van der Waals surface area contributed by atoms with Gasteiger partial charge in [-0.3, -0.25) is 14.9 Å². The molecule has 6 heteroatoms. The fourth-order valence-electron chi connectivity index (χ4n) is 1.44. The highest BCUT2D eigenvalue weighted by molar-refractivity contribution is 8.15. The summed E-state index contributed by atoms with van der Waals surface area (Å²) in [5.74, 6) is -1.90. The van der Waals surface area contributed by atoms with E-state index in [0.717, 1.165) is 23.9 Å². The van der Waals surface area contributed by atoms with E-state index in [1.807, 2.05) is 0 Å². The molecule has 1 aliphatic heterocycles. The molecule has 84 valence electrons. The van der Waals surface area contributed by atoms with Crippen molar-refractivity contribution >= 4 is 22.9 Å². The molecular formula is C10H7F2NO2S. The average molecular weight is 243 g/mol. The summed E-state index contributed by atoms with van der Waals surface area (Å²) >= 11 is 0.753. The maximum absolute atomic E-state index is 13.3. The molecule has 3 nitrogen and oxygen atoms in total. The maximum atomic E-state index is 13.3. The van der Waals surface area contributed by atoms with Crippen molar-refractivity contribution in [2.75, 3.05) is 0 Å². The fourth-order valence-corrected chi connectivity index (χ4v) is 2.27. The van der Waals surface area contributed by atoms with Gasteiger partial charge in [0.05, 0.1) is 5.25 Å². The molecule has 1 atom stereocenters. The van der Waals surface area contributed by atoms with Crippen LogP contribution in [0.1, 0.15) is 5.56 Å². The first kappa shape index (κ1) is 11.1. The van der Waals surface area contributed by atoms with Crippen LogP contribution in [0.5, 0.6) is 0 Å². The van der Waals surface area contributed by atoms with Crippen molar-refractivity contribution in [3.63, 3.8) is 0 Å². The minimum absolute atomic E-state index is 0.124. The quantitative estimate of drug-likeness (QED) is 0.862. The Labute approximate surface area is 94.2 Å². The van der Waals surface area contributed by atoms with Crippen LogP contribution >= 0.6 is 11.8 Å². The molecule has 1 aromatic carbocycles. The van der Waals surface area contributed by atoms with Crippen molar-refractivity contribution in [3.05, 3.63) is 35.4 Å². The molecular weight excluding hydrogens is 236 g/mol. The molecule has 1 aromatic rings. The van der Waals surface area contributed by atoms with Gasteiger partial charge in [0.2, 0.25) is 5.91 Å². The number of hydrogen-bond donors (Lipinski definition) is 1. The zero-order valence-electron chi connectivity index (χ0n) is 8.00. The monoisotopic (exact) mass is 243 g/mol. The lowest BCUT2D eigenvalue weighted by Gasteiger charge is -2.07. The SMILES string of the molecule is O=C1NC(=O)C(Cc2c(F)cccc2F)S1. The van der Waals surface area contributed by atoms with Gasteiger partial charge in [0.1, 0.15) is 11.6 Å². The van der Waals surface area contributed by atoms with Crippen LogP contribution in [0.2, 0.25) is 0 Å². The van der Waals surface area contributed by atoms with E-state index in [-0.39, 0.29) is 12.0 Å². The molecule has 0 aromatic heterocycles. The highest BCUT2D eigenvalue weighted by Gasteiger charge is 2.32. The molecule has 1 fully saturated rings. The summed E-state index contributed by atoms with van der Waals surface area (Å²) in [4.78, 5) is 22.1. The molecule has 0 bridgehead atoms. The first-order valence-corrected chi connectivity index (χ1v) is 5.40. The third-order valence-electron chi connectivity index (χ3n) is 2.22. The first-order valence-electron chi connectivity index (χ1n) is 4.52. The number of carbonyl (C=O) groups excluding carboxylic acids is 2. The number of thioether (sulfide) groups is 1. The number of hydrogen-bond acceptors (Lipinski definition) is 3. The summed E-state index contributed by atoms with van der Waals surface area (Å²) < 4.78 is 26.5. The van der Waals surface area contributed by atoms with E-state index in [0.29, 0.717) is 0 Å². The Morgan fingerprint density at radius 1 is 1.25 bits per heavy atom. The van der Waals surface area contributed by atoms with E-state index in [1.54, 1.807) is 0 Å². The predicted molar refractivity (Wildman–Crippen MR) is 55.0 cm³/mol. The van der Waals surface area contributed by atoms with Crippen molar-refractivity contribution < 1.29 is 18.4 Å². The van der Waals surface area contributed by atoms with E-state index < -0.39 is 28.0 Å². The third kappa shape index (κ3) is 2.06. The summed E-state index contributed by atoms with van der Waals surface area (Å²) in [5.41, 5.74) is -0.162. The predicted octanol–water partition coefficient (Wildman–Crippen LogP) is 1.86. The largest absolute Gasteiger partial charge is 0.286 e. The van der Waals surface area contributed by atoms with Crippen molar-refractivity contribution in [2.24, 2.45) is 0 Å². The van der Waals surface area contributed by atoms with Crippen LogP contribution in [0.4, 0.5) is 13.6 Å². The van der Waals surface area contributed by atoms with Gasteiger partial charge in [-0.2, -0.15) is 0 Å². The lowest BCUT2D eigenvalue weighted by atomic mass is 10.1. The Kier molecular flexibility index (Phi) is 2.91. The molecule has 1 saturated heterocycles. The number of amides is 2. The fraction of sp³-hybridized carbons (Fsp3) is 0.200. The van der Waals surface area contributed by atoms with Gasteiger partial charge in [0.25, 0.3) is 5.24 Å². The van der Waals surface area contributed by atoms with Crippen molar-refractivity contribution in [1.29, 1.82) is 0 Å². The first-order chi connectivity index (χ1) is 7.58. The molecule has 1 N–H and O–H groups in total. The van der Waals surface area contributed by atoms with Gasteiger partial charge in [-0.05, 0) is 18.6 Å². The highest BCUT2D eigenvalue weighted by Crippen LogP contribution is 2.25. The van der Waals surface area contributed by atoms with Crippen molar-refractivity contribution in [1.82, 2.24) is 5.32 Å². The minimum Gasteiger partial charge on any atom is -0.286 e. The molecule has 1 heterocycles. The number of carbonyl (C=O) groups is 2. The van der Waals surface area contributed by atoms with Gasteiger partial charge in [-0.25, -0.2) is 8.78 Å². The number of benzene rings is 1. The van der Waals surface area contributed by atoms with Crippen LogP contribution in [0, 0.1) is 11.6 Å². The maximum Gasteiger partial charge on any atom is 0.286 e. The Hall–Kier alpha value is -1.43. The zero-order chi connectivity index (χ0) is 11.7. The van der Waals surface area contributed by atoms with Crippen molar-refractivity contribution in [3.8, 4) is 0 Å². The Bertz CT molecular complexity index is 444. The highest BCUT2D eigenvalue weighted by atomic mass is 32.2. The van der Waals surface area contributed by atoms with Gasteiger partial charge >= 0.3 is 0 Å². The van der Waals surface area contributed by atoms with Crippen LogP contribution < -0.4 is 5.32 Å². The van der Waals surface area contributed by atoms with E-state index in [9.17, 15) is 18.4 Å². The summed E-state index contributed by atoms with van der Waals surface area (Å²) in [6.07, 6.45) is -0.124. The molecule has 16 heavy (non-hydrogen) atoms. The smallest absolute Gasteiger partial charge is 0.286 e. The molecule has 0 aliphatic carbocycles. The van der Waals surface area contributed by atoms with Gasteiger partial charge in [-0.1, -0.05) is 17.8 Å². The summed E-state index contributed by atoms with van der Waals surface area (Å²) in [7, 11) is 0. The Morgan fingerprint density at radius 3 is 2.38 bits per heavy atom. The van der Waals surface area contributed by atoms with Crippen LogP contribution in [0.25, 0.3) is 0 Å². The molecule has 0 saturated carbocycles. The molecule has 1 aliphatic rings. The van der Waals surface area contributed by atoms with Crippen LogP contribution in [-0.2, 0) is 11.2 Å². The summed E-state index contributed by atoms with van der Waals surface area (Å²) in [6, 6.07) is 3.50. The number of nitrogens with one attached hydrogen (secondary N) is 1. The van der Waals surface area contributed by atoms with Gasteiger partial charge in [-0.15, -0.1) is 0 Å². The van der Waals surface area contributed by atoms with Crippen molar-refractivity contribution in [2.45, 2.75) is 11.7 Å². The second kappa shape index (κ2) is 4.21. The minimum atomic E-state index is -0.751. The number of rotatable bonds is 2. The van der Waals surface area contributed by atoms with Gasteiger partial charge in [0.15, 0.2) is 0 Å². The van der Waals surface area contributed by atoms with E-state index in [4.69, 9.17) is 0 Å². The average Bonchev–Trinajstić information content (AvgIpc) is 2.51. The summed E-state index contributed by atoms with van der Waals surface area (Å²) in [5, 5.41) is 0.835. The lowest BCUT2D eigenvalue weighted by Crippen LogP contribution is -2.25. The normalized spacial score (nSPS) is 20.0. The van der Waals surface area contributed by atoms with Crippen LogP contribution in [-0.4, -0.2) is 16.4 Å². The van der Waals surface area contributed by atoms with E-state index in [2.05, 4.69) is 5.32 Å². The molecule has 2 amide bonds. The Morgan fingerprint density at radius 2 is 1.88 bits per heavy atom. The molecule has 0 radical (unpaired) electrons. The topological polar surface area (TPSA) is 46.2 Å². The molecule has 1 unspecified atom stereocenters. The lowest BCUT2D eigenvalue weighted by molar-refractivity contribution is -0.118. The van der Waals surface area contributed by atoms with Crippen LogP contribution in [0.15, 0.2) is 18.2 Å². The standard InChI is InChI=1S/C10H7F2NO2S/c11-6-2-1-3-7(12)5(6)4-8-9(14)13-10(15)16-8/h1-3,8H,4H2,(H,13,14,15). The molecule has 2 rings (SSSR count). The zero-order valence-corrected chi connectivity index (χ0v) is 8.81. The van der Waals surface area contributed by atoms with E-state index in [1.165, 1.54) is 6.07 Å². The number of halogens is 2. The van der Waals surface area contributed by atoms with Gasteiger partial charge < -0.3 is 0 Å². The second-order valence-electron chi connectivity index (χ2n) is 3.29. The molecule has 0 spiro atoms.